The Labute approximate surface area is 119 Å². The quantitative estimate of drug-likeness (QED) is 0.880. The van der Waals surface area contributed by atoms with E-state index >= 15 is 0 Å². The molecular weight excluding hydrogens is 268 g/mol. The van der Waals surface area contributed by atoms with Crippen LogP contribution in [0.3, 0.4) is 0 Å². The first-order valence-electron chi connectivity index (χ1n) is 6.09. The number of nitrogens with zero attached hydrogens (tertiary/aromatic N) is 2. The summed E-state index contributed by atoms with van der Waals surface area (Å²) < 4.78 is 5.15. The second-order valence-electron chi connectivity index (χ2n) is 5.68. The van der Waals surface area contributed by atoms with Crippen molar-refractivity contribution in [1.82, 2.24) is 15.5 Å². The third-order valence-electron chi connectivity index (χ3n) is 2.37. The Morgan fingerprint density at radius 1 is 1.42 bits per heavy atom. The van der Waals surface area contributed by atoms with Crippen LogP contribution in [0.15, 0.2) is 4.52 Å². The lowest BCUT2D eigenvalue weighted by atomic mass is 9.96. The number of nitrogens with two attached hydrogens (primary N) is 1. The van der Waals surface area contributed by atoms with Gasteiger partial charge in [-0.3, -0.25) is 4.79 Å². The molecule has 3 N–H and O–H groups in total. The third-order valence-corrected chi connectivity index (χ3v) is 2.37. The molecule has 0 bridgehead atoms. The first-order chi connectivity index (χ1) is 8.20. The van der Waals surface area contributed by atoms with Gasteiger partial charge in [0.25, 0.3) is 0 Å². The molecule has 1 aromatic rings. The Kier molecular flexibility index (Phi) is 6.45. The van der Waals surface area contributed by atoms with Gasteiger partial charge in [0.15, 0.2) is 5.82 Å². The zero-order valence-electron chi connectivity index (χ0n) is 12.1. The van der Waals surface area contributed by atoms with Crippen LogP contribution >= 0.6 is 12.4 Å². The predicted molar refractivity (Wildman–Crippen MR) is 75.1 cm³/mol. The second-order valence-corrected chi connectivity index (χ2v) is 5.68. The van der Waals surface area contributed by atoms with E-state index in [9.17, 15) is 4.79 Å². The number of rotatable bonds is 4. The summed E-state index contributed by atoms with van der Waals surface area (Å²) in [7, 11) is 0. The molecule has 0 radical (unpaired) electrons. The molecule has 0 aliphatic carbocycles. The molecule has 19 heavy (non-hydrogen) atoms. The number of carbonyl (C=O) groups is 1. The van der Waals surface area contributed by atoms with Crippen molar-refractivity contribution in [3.63, 3.8) is 0 Å². The van der Waals surface area contributed by atoms with Crippen LogP contribution < -0.4 is 11.1 Å². The van der Waals surface area contributed by atoms with Gasteiger partial charge in [-0.25, -0.2) is 0 Å². The van der Waals surface area contributed by atoms with Gasteiger partial charge in [-0.05, 0) is 13.8 Å². The van der Waals surface area contributed by atoms with E-state index < -0.39 is 0 Å². The lowest BCUT2D eigenvalue weighted by molar-refractivity contribution is -0.122. The SMILES string of the molecule is CC(N)CC(=O)NC(C)c1nc(C(C)(C)C)no1.Cl. The molecule has 2 atom stereocenters. The summed E-state index contributed by atoms with van der Waals surface area (Å²) in [5, 5.41) is 6.69. The van der Waals surface area contributed by atoms with Gasteiger partial charge < -0.3 is 15.6 Å². The zero-order valence-corrected chi connectivity index (χ0v) is 12.9. The molecule has 2 unspecified atom stereocenters. The van der Waals surface area contributed by atoms with Gasteiger partial charge in [0.1, 0.15) is 6.04 Å². The van der Waals surface area contributed by atoms with Crippen LogP contribution in [0.4, 0.5) is 0 Å². The molecule has 7 heteroatoms. The second kappa shape index (κ2) is 6.86. The highest BCUT2D eigenvalue weighted by Gasteiger charge is 2.23. The van der Waals surface area contributed by atoms with Gasteiger partial charge in [-0.15, -0.1) is 12.4 Å². The van der Waals surface area contributed by atoms with E-state index in [-0.39, 0.29) is 42.2 Å². The molecule has 0 fully saturated rings. The van der Waals surface area contributed by atoms with Crippen molar-refractivity contribution in [1.29, 1.82) is 0 Å². The molecule has 1 amide bonds. The molecule has 0 spiro atoms. The number of hydrogen-bond acceptors (Lipinski definition) is 5. The molecule has 0 saturated heterocycles. The van der Waals surface area contributed by atoms with Crippen LogP contribution in [0.2, 0.25) is 0 Å². The van der Waals surface area contributed by atoms with E-state index in [1.807, 2.05) is 20.8 Å². The average molecular weight is 291 g/mol. The van der Waals surface area contributed by atoms with Gasteiger partial charge in [-0.1, -0.05) is 25.9 Å². The van der Waals surface area contributed by atoms with Crippen LogP contribution in [-0.2, 0) is 10.2 Å². The Bertz CT molecular complexity index is 412. The number of carbonyl (C=O) groups excluding carboxylic acids is 1. The Balaban J connectivity index is 0.00000324. The number of amides is 1. The van der Waals surface area contributed by atoms with Crippen LogP contribution in [0.1, 0.15) is 58.8 Å². The van der Waals surface area contributed by atoms with Crippen molar-refractivity contribution >= 4 is 18.3 Å². The molecule has 0 aromatic carbocycles. The molecule has 0 saturated carbocycles. The van der Waals surface area contributed by atoms with Gasteiger partial charge >= 0.3 is 0 Å². The molecule has 0 aliphatic heterocycles. The predicted octanol–water partition coefficient (Wildman–Crippen LogP) is 1.70. The van der Waals surface area contributed by atoms with Gasteiger partial charge in [0, 0.05) is 17.9 Å². The molecule has 1 rings (SSSR count). The first-order valence-corrected chi connectivity index (χ1v) is 6.09. The van der Waals surface area contributed by atoms with Crippen molar-refractivity contribution in [3.8, 4) is 0 Å². The van der Waals surface area contributed by atoms with Gasteiger partial charge in [0.2, 0.25) is 11.8 Å². The standard InChI is InChI=1S/C12H22N4O2.ClH/c1-7(13)6-9(17)14-8(2)10-15-11(16-18-10)12(3,4)5;/h7-8H,6,13H2,1-5H3,(H,14,17);1H. The number of nitrogens with one attached hydrogen (secondary N) is 1. The maximum Gasteiger partial charge on any atom is 0.248 e. The van der Waals surface area contributed by atoms with Crippen molar-refractivity contribution in [2.24, 2.45) is 5.73 Å². The highest BCUT2D eigenvalue weighted by Crippen LogP contribution is 2.20. The Hall–Kier alpha value is -1.14. The zero-order chi connectivity index (χ0) is 13.9. The monoisotopic (exact) mass is 290 g/mol. The van der Waals surface area contributed by atoms with Crippen LogP contribution in [0, 0.1) is 0 Å². The highest BCUT2D eigenvalue weighted by atomic mass is 35.5. The number of aromatic nitrogens is 2. The van der Waals surface area contributed by atoms with Crippen molar-refractivity contribution in [2.45, 2.75) is 58.5 Å². The fraction of sp³-hybridized carbons (Fsp3) is 0.750. The smallest absolute Gasteiger partial charge is 0.248 e. The molecule has 110 valence electrons. The number of hydrogen-bond donors (Lipinski definition) is 2. The molecule has 1 heterocycles. The van der Waals surface area contributed by atoms with E-state index in [2.05, 4.69) is 15.5 Å². The highest BCUT2D eigenvalue weighted by molar-refractivity contribution is 5.85. The summed E-state index contributed by atoms with van der Waals surface area (Å²) in [5.41, 5.74) is 5.39. The fourth-order valence-corrected chi connectivity index (χ4v) is 1.37. The molecule has 1 aromatic heterocycles. The van der Waals surface area contributed by atoms with E-state index in [1.54, 1.807) is 13.8 Å². The average Bonchev–Trinajstić information content (AvgIpc) is 2.63. The van der Waals surface area contributed by atoms with E-state index in [1.165, 1.54) is 0 Å². The minimum absolute atomic E-state index is 0. The number of halogens is 1. The lowest BCUT2D eigenvalue weighted by Crippen LogP contribution is -2.31. The minimum atomic E-state index is -0.306. The van der Waals surface area contributed by atoms with E-state index in [4.69, 9.17) is 10.3 Å². The van der Waals surface area contributed by atoms with Crippen LogP contribution in [-0.4, -0.2) is 22.1 Å². The summed E-state index contributed by atoms with van der Waals surface area (Å²) >= 11 is 0. The maximum absolute atomic E-state index is 11.6. The summed E-state index contributed by atoms with van der Waals surface area (Å²) in [6.07, 6.45) is 0.282. The molecule has 0 aliphatic rings. The van der Waals surface area contributed by atoms with E-state index in [0.29, 0.717) is 11.7 Å². The molecule has 6 nitrogen and oxygen atoms in total. The topological polar surface area (TPSA) is 94.0 Å². The van der Waals surface area contributed by atoms with Crippen molar-refractivity contribution in [2.75, 3.05) is 0 Å². The Morgan fingerprint density at radius 2 is 2.00 bits per heavy atom. The summed E-state index contributed by atoms with van der Waals surface area (Å²) in [4.78, 5) is 15.8. The van der Waals surface area contributed by atoms with Crippen molar-refractivity contribution < 1.29 is 9.32 Å². The largest absolute Gasteiger partial charge is 0.345 e. The van der Waals surface area contributed by atoms with Gasteiger partial charge in [0.05, 0.1) is 0 Å². The Morgan fingerprint density at radius 3 is 2.42 bits per heavy atom. The normalized spacial score (nSPS) is 14.4. The summed E-state index contributed by atoms with van der Waals surface area (Å²) in [6.45, 7) is 9.59. The van der Waals surface area contributed by atoms with E-state index in [0.717, 1.165) is 0 Å². The lowest BCUT2D eigenvalue weighted by Gasteiger charge is -2.12. The van der Waals surface area contributed by atoms with Crippen molar-refractivity contribution in [3.05, 3.63) is 11.7 Å². The third kappa shape index (κ3) is 5.57. The van der Waals surface area contributed by atoms with Crippen LogP contribution in [0.5, 0.6) is 0 Å². The molecular formula is C12H23ClN4O2. The van der Waals surface area contributed by atoms with Crippen LogP contribution in [0.25, 0.3) is 0 Å². The van der Waals surface area contributed by atoms with Gasteiger partial charge in [-0.2, -0.15) is 4.98 Å². The fourth-order valence-electron chi connectivity index (χ4n) is 1.37. The minimum Gasteiger partial charge on any atom is -0.345 e. The summed E-state index contributed by atoms with van der Waals surface area (Å²) in [5.74, 6) is 0.928. The summed E-state index contributed by atoms with van der Waals surface area (Å²) in [6, 6.07) is -0.468. The maximum atomic E-state index is 11.6. The first kappa shape index (κ1) is 17.9.